The number of hydrogen-bond donors (Lipinski definition) is 0. The molecule has 0 amide bonds. The highest BCUT2D eigenvalue weighted by Gasteiger charge is 2.17. The molecule has 1 aromatic rings. The molecule has 0 bridgehead atoms. The summed E-state index contributed by atoms with van der Waals surface area (Å²) in [5.41, 5.74) is 1.19. The number of nitro benzene ring substituents is 1. The zero-order chi connectivity index (χ0) is 10.7. The number of carbonyl (C=O) groups is 1. The van der Waals surface area contributed by atoms with Crippen LogP contribution in [-0.4, -0.2) is 11.2 Å². The molecule has 0 spiro atoms. The number of carbonyl (C=O) groups excluding carboxylic acids is 1. The van der Waals surface area contributed by atoms with Gasteiger partial charge in [0.1, 0.15) is 6.29 Å². The van der Waals surface area contributed by atoms with Gasteiger partial charge < -0.3 is 4.79 Å². The Kier molecular flexibility index (Phi) is 3.35. The molecule has 4 nitrogen and oxygen atoms in total. The molecule has 0 saturated carbocycles. The van der Waals surface area contributed by atoms with Crippen LogP contribution in [0.5, 0.6) is 0 Å². The van der Waals surface area contributed by atoms with Crippen LogP contribution in [0.15, 0.2) is 18.2 Å². The fourth-order valence-electron chi connectivity index (χ4n) is 1.21. The van der Waals surface area contributed by atoms with Gasteiger partial charge in [-0.2, -0.15) is 0 Å². The van der Waals surface area contributed by atoms with Crippen molar-refractivity contribution in [2.24, 2.45) is 0 Å². The number of nitro groups is 1. The van der Waals surface area contributed by atoms with Crippen molar-refractivity contribution < 1.29 is 9.72 Å². The van der Waals surface area contributed by atoms with E-state index in [9.17, 15) is 14.9 Å². The van der Waals surface area contributed by atoms with E-state index in [1.165, 1.54) is 6.07 Å². The molecule has 1 atom stereocenters. The molecule has 0 fully saturated rings. The number of benzene rings is 1. The van der Waals surface area contributed by atoms with Gasteiger partial charge in [0.15, 0.2) is 0 Å². The molecule has 0 aliphatic carbocycles. The van der Waals surface area contributed by atoms with Gasteiger partial charge in [0.25, 0.3) is 5.69 Å². The van der Waals surface area contributed by atoms with Gasteiger partial charge in [0.05, 0.1) is 9.75 Å². The Balaban J connectivity index is 3.26. The third-order valence-corrected chi connectivity index (χ3v) is 2.67. The number of aldehydes is 1. The van der Waals surface area contributed by atoms with Crippen molar-refractivity contribution in [1.82, 2.24) is 0 Å². The molecule has 14 heavy (non-hydrogen) atoms. The second-order valence-corrected chi connectivity index (χ2v) is 3.77. The number of halogens is 1. The highest BCUT2D eigenvalue weighted by Crippen LogP contribution is 2.29. The van der Waals surface area contributed by atoms with E-state index in [2.05, 4.69) is 15.9 Å². The summed E-state index contributed by atoms with van der Waals surface area (Å²) in [6.07, 6.45) is 0.700. The van der Waals surface area contributed by atoms with E-state index < -0.39 is 9.75 Å². The molecule has 74 valence electrons. The minimum absolute atomic E-state index is 0.0359. The number of rotatable bonds is 3. The molecule has 0 unspecified atom stereocenters. The van der Waals surface area contributed by atoms with E-state index in [1.54, 1.807) is 19.1 Å². The maximum Gasteiger partial charge on any atom is 0.272 e. The normalized spacial score (nSPS) is 12.1. The Labute approximate surface area is 89.2 Å². The van der Waals surface area contributed by atoms with Gasteiger partial charge in [-0.05, 0) is 12.5 Å². The Bertz CT molecular complexity index is 378. The molecule has 0 saturated heterocycles. The second kappa shape index (κ2) is 4.32. The molecule has 0 aliphatic heterocycles. The van der Waals surface area contributed by atoms with Crippen molar-refractivity contribution >= 4 is 27.9 Å². The van der Waals surface area contributed by atoms with Gasteiger partial charge >= 0.3 is 0 Å². The fourth-order valence-corrected chi connectivity index (χ4v) is 1.71. The van der Waals surface area contributed by atoms with Crippen LogP contribution in [-0.2, 0) is 4.79 Å². The maximum atomic E-state index is 10.6. The standard InChI is InChI=1S/C9H8BrNO3/c1-6-7(8(10)5-12)3-2-4-9(6)11(13)14/h2-5,8H,1H3/t8-/m1/s1. The van der Waals surface area contributed by atoms with Crippen LogP contribution in [0.25, 0.3) is 0 Å². The van der Waals surface area contributed by atoms with Crippen molar-refractivity contribution in [3.63, 3.8) is 0 Å². The van der Waals surface area contributed by atoms with Crippen molar-refractivity contribution in [3.05, 3.63) is 39.4 Å². The fraction of sp³-hybridized carbons (Fsp3) is 0.222. The van der Waals surface area contributed by atoms with Gasteiger partial charge in [0.2, 0.25) is 0 Å². The second-order valence-electron chi connectivity index (χ2n) is 2.79. The Morgan fingerprint density at radius 2 is 2.21 bits per heavy atom. The Morgan fingerprint density at radius 1 is 1.57 bits per heavy atom. The van der Waals surface area contributed by atoms with Crippen molar-refractivity contribution in [2.75, 3.05) is 0 Å². The minimum Gasteiger partial charge on any atom is -0.302 e. The zero-order valence-electron chi connectivity index (χ0n) is 7.44. The predicted molar refractivity (Wildman–Crippen MR) is 55.6 cm³/mol. The quantitative estimate of drug-likeness (QED) is 0.362. The predicted octanol–water partition coefficient (Wildman–Crippen LogP) is 2.54. The largest absolute Gasteiger partial charge is 0.302 e. The third-order valence-electron chi connectivity index (χ3n) is 1.96. The summed E-state index contributed by atoms with van der Waals surface area (Å²) in [5.74, 6) is 0. The van der Waals surface area contributed by atoms with Crippen molar-refractivity contribution in [3.8, 4) is 0 Å². The van der Waals surface area contributed by atoms with Crippen molar-refractivity contribution in [1.29, 1.82) is 0 Å². The molecule has 0 radical (unpaired) electrons. The van der Waals surface area contributed by atoms with Gasteiger partial charge in [-0.3, -0.25) is 10.1 Å². The number of hydrogen-bond acceptors (Lipinski definition) is 3. The molecule has 0 N–H and O–H groups in total. The highest BCUT2D eigenvalue weighted by atomic mass is 79.9. The summed E-state index contributed by atoms with van der Waals surface area (Å²) in [6, 6.07) is 4.68. The van der Waals surface area contributed by atoms with E-state index in [4.69, 9.17) is 0 Å². The lowest BCUT2D eigenvalue weighted by molar-refractivity contribution is -0.385. The Morgan fingerprint density at radius 3 is 2.71 bits per heavy atom. The van der Waals surface area contributed by atoms with E-state index in [1.807, 2.05) is 0 Å². The first-order chi connectivity index (χ1) is 6.57. The third kappa shape index (κ3) is 1.98. The van der Waals surface area contributed by atoms with Crippen LogP contribution in [0.4, 0.5) is 5.69 Å². The van der Waals surface area contributed by atoms with E-state index >= 15 is 0 Å². The van der Waals surface area contributed by atoms with Crippen LogP contribution in [0.3, 0.4) is 0 Å². The Hall–Kier alpha value is -1.23. The van der Waals surface area contributed by atoms with E-state index in [0.717, 1.165) is 0 Å². The van der Waals surface area contributed by atoms with Crippen LogP contribution < -0.4 is 0 Å². The van der Waals surface area contributed by atoms with Gasteiger partial charge in [-0.15, -0.1) is 0 Å². The molecule has 0 aromatic heterocycles. The van der Waals surface area contributed by atoms with Crippen LogP contribution >= 0.6 is 15.9 Å². The summed E-state index contributed by atoms with van der Waals surface area (Å²) in [6.45, 7) is 1.63. The maximum absolute atomic E-state index is 10.6. The molecule has 5 heteroatoms. The summed E-state index contributed by atoms with van der Waals surface area (Å²) in [7, 11) is 0. The van der Waals surface area contributed by atoms with E-state index in [-0.39, 0.29) is 5.69 Å². The average Bonchev–Trinajstić information content (AvgIpc) is 2.16. The lowest BCUT2D eigenvalue weighted by Gasteiger charge is -2.06. The molecular formula is C9H8BrNO3. The zero-order valence-corrected chi connectivity index (χ0v) is 9.02. The first-order valence-electron chi connectivity index (χ1n) is 3.91. The minimum atomic E-state index is -0.484. The van der Waals surface area contributed by atoms with Gasteiger partial charge in [-0.25, -0.2) is 0 Å². The van der Waals surface area contributed by atoms with Crippen LogP contribution in [0.1, 0.15) is 16.0 Å². The van der Waals surface area contributed by atoms with Gasteiger partial charge in [0, 0.05) is 11.6 Å². The summed E-state index contributed by atoms with van der Waals surface area (Å²) < 4.78 is 0. The summed E-state index contributed by atoms with van der Waals surface area (Å²) in [4.78, 5) is 20.2. The molecule has 0 aliphatic rings. The average molecular weight is 258 g/mol. The van der Waals surface area contributed by atoms with Gasteiger partial charge in [-0.1, -0.05) is 28.1 Å². The first-order valence-corrected chi connectivity index (χ1v) is 4.82. The topological polar surface area (TPSA) is 60.2 Å². The summed E-state index contributed by atoms with van der Waals surface area (Å²) >= 11 is 3.13. The highest BCUT2D eigenvalue weighted by molar-refractivity contribution is 9.09. The van der Waals surface area contributed by atoms with Crippen LogP contribution in [0, 0.1) is 17.0 Å². The monoisotopic (exact) mass is 257 g/mol. The molecule has 0 heterocycles. The molecular weight excluding hydrogens is 250 g/mol. The SMILES string of the molecule is Cc1c([C@H](Br)C=O)cccc1[N+](=O)[O-]. The number of alkyl halides is 1. The molecule has 1 rings (SSSR count). The van der Waals surface area contributed by atoms with Crippen LogP contribution in [0.2, 0.25) is 0 Å². The van der Waals surface area contributed by atoms with Crippen molar-refractivity contribution in [2.45, 2.75) is 11.8 Å². The smallest absolute Gasteiger partial charge is 0.272 e. The lowest BCUT2D eigenvalue weighted by atomic mass is 10.0. The summed E-state index contributed by atoms with van der Waals surface area (Å²) in [5, 5.41) is 10.6. The first kappa shape index (κ1) is 10.8. The number of nitrogens with zero attached hydrogens (tertiary/aromatic N) is 1. The van der Waals surface area contributed by atoms with E-state index in [0.29, 0.717) is 17.4 Å². The molecule has 1 aromatic carbocycles. The lowest BCUT2D eigenvalue weighted by Crippen LogP contribution is -1.98.